The molecule has 0 fully saturated rings. The summed E-state index contributed by atoms with van der Waals surface area (Å²) < 4.78 is 5.64. The number of nitrogen functional groups attached to an aromatic ring is 1. The Balaban J connectivity index is 1.83. The molecule has 0 atom stereocenters. The first-order valence-corrected chi connectivity index (χ1v) is 7.67. The van der Waals surface area contributed by atoms with Crippen molar-refractivity contribution in [3.05, 3.63) is 36.3 Å². The zero-order valence-electron chi connectivity index (χ0n) is 13.0. The third kappa shape index (κ3) is 5.20. The quantitative estimate of drug-likeness (QED) is 0.693. The van der Waals surface area contributed by atoms with Gasteiger partial charge in [-0.05, 0) is 31.4 Å². The molecule has 2 aromatic heterocycles. The number of pyridine rings is 1. The van der Waals surface area contributed by atoms with Crippen LogP contribution in [0.25, 0.3) is 0 Å². The van der Waals surface area contributed by atoms with Crippen molar-refractivity contribution in [2.24, 2.45) is 0 Å². The molecule has 0 radical (unpaired) electrons. The number of hydrogen-bond acceptors (Lipinski definition) is 6. The third-order valence-electron chi connectivity index (χ3n) is 3.20. The van der Waals surface area contributed by atoms with Gasteiger partial charge in [-0.15, -0.1) is 0 Å². The second-order valence-corrected chi connectivity index (χ2v) is 5.02. The first kappa shape index (κ1) is 16.0. The summed E-state index contributed by atoms with van der Waals surface area (Å²) in [6.45, 7) is 3.68. The number of aryl methyl sites for hydroxylation is 1. The van der Waals surface area contributed by atoms with Gasteiger partial charge in [-0.2, -0.15) is 4.98 Å². The lowest BCUT2D eigenvalue weighted by Gasteiger charge is -2.11. The third-order valence-corrected chi connectivity index (χ3v) is 3.20. The molecule has 22 heavy (non-hydrogen) atoms. The number of nitrogens with one attached hydrogen (secondary N) is 1. The summed E-state index contributed by atoms with van der Waals surface area (Å²) in [5, 5.41) is 3.33. The van der Waals surface area contributed by atoms with Gasteiger partial charge in [-0.1, -0.05) is 13.3 Å². The van der Waals surface area contributed by atoms with E-state index in [9.17, 15) is 0 Å². The Morgan fingerprint density at radius 1 is 1.27 bits per heavy atom. The lowest BCUT2D eigenvalue weighted by atomic mass is 10.2. The smallest absolute Gasteiger partial charge is 0.221 e. The predicted octanol–water partition coefficient (Wildman–Crippen LogP) is 2.68. The highest BCUT2D eigenvalue weighted by molar-refractivity contribution is 5.46. The number of nitrogens with two attached hydrogens (primary N) is 1. The summed E-state index contributed by atoms with van der Waals surface area (Å²) >= 11 is 0. The van der Waals surface area contributed by atoms with Crippen molar-refractivity contribution < 1.29 is 4.74 Å². The molecule has 0 unspecified atom stereocenters. The molecule has 118 valence electrons. The fourth-order valence-electron chi connectivity index (χ4n) is 2.03. The molecule has 0 aliphatic carbocycles. The monoisotopic (exact) mass is 301 g/mol. The van der Waals surface area contributed by atoms with Crippen molar-refractivity contribution >= 4 is 11.8 Å². The van der Waals surface area contributed by atoms with Crippen LogP contribution in [0.3, 0.4) is 0 Å². The number of anilines is 2. The fourth-order valence-corrected chi connectivity index (χ4v) is 2.03. The van der Waals surface area contributed by atoms with Gasteiger partial charge in [0.25, 0.3) is 0 Å². The van der Waals surface area contributed by atoms with Gasteiger partial charge in [0.05, 0.1) is 12.8 Å². The van der Waals surface area contributed by atoms with Crippen molar-refractivity contribution in [3.63, 3.8) is 0 Å². The Labute approximate surface area is 131 Å². The van der Waals surface area contributed by atoms with E-state index in [0.29, 0.717) is 12.6 Å². The molecular weight excluding hydrogens is 278 g/mol. The van der Waals surface area contributed by atoms with Crippen molar-refractivity contribution in [3.8, 4) is 5.75 Å². The first-order chi connectivity index (χ1) is 10.8. The van der Waals surface area contributed by atoms with Crippen LogP contribution in [-0.4, -0.2) is 28.1 Å². The molecule has 3 N–H and O–H groups in total. The molecule has 0 aliphatic heterocycles. The minimum Gasteiger partial charge on any atom is -0.492 e. The molecule has 0 amide bonds. The minimum absolute atomic E-state index is 0.300. The van der Waals surface area contributed by atoms with Gasteiger partial charge in [0.2, 0.25) is 5.95 Å². The molecular formula is C16H23N5O. The minimum atomic E-state index is 0.300. The van der Waals surface area contributed by atoms with Gasteiger partial charge in [0.15, 0.2) is 0 Å². The van der Waals surface area contributed by atoms with E-state index in [2.05, 4.69) is 27.2 Å². The molecule has 2 rings (SSSR count). The van der Waals surface area contributed by atoms with Gasteiger partial charge in [0, 0.05) is 24.5 Å². The highest BCUT2D eigenvalue weighted by Gasteiger charge is 2.06. The van der Waals surface area contributed by atoms with E-state index in [0.717, 1.165) is 49.4 Å². The van der Waals surface area contributed by atoms with Crippen molar-refractivity contribution in [2.75, 3.05) is 24.2 Å². The van der Waals surface area contributed by atoms with Crippen molar-refractivity contribution in [2.45, 2.75) is 32.6 Å². The van der Waals surface area contributed by atoms with Gasteiger partial charge >= 0.3 is 0 Å². The van der Waals surface area contributed by atoms with Gasteiger partial charge in [-0.25, -0.2) is 4.98 Å². The normalized spacial score (nSPS) is 10.4. The largest absolute Gasteiger partial charge is 0.492 e. The predicted molar refractivity (Wildman–Crippen MR) is 87.9 cm³/mol. The van der Waals surface area contributed by atoms with Crippen LogP contribution in [0, 0.1) is 0 Å². The average molecular weight is 301 g/mol. The maximum absolute atomic E-state index is 5.67. The SMILES string of the molecule is CCCCNc1nc(N)ncc1CCCOc1cccnc1. The Morgan fingerprint density at radius 3 is 2.95 bits per heavy atom. The summed E-state index contributed by atoms with van der Waals surface area (Å²) in [7, 11) is 0. The van der Waals surface area contributed by atoms with Gasteiger partial charge in [-0.3, -0.25) is 4.98 Å². The van der Waals surface area contributed by atoms with Crippen molar-refractivity contribution in [1.29, 1.82) is 0 Å². The van der Waals surface area contributed by atoms with E-state index < -0.39 is 0 Å². The van der Waals surface area contributed by atoms with Gasteiger partial charge < -0.3 is 15.8 Å². The Morgan fingerprint density at radius 2 is 2.18 bits per heavy atom. The zero-order valence-corrected chi connectivity index (χ0v) is 13.0. The van der Waals surface area contributed by atoms with Crippen LogP contribution in [0.1, 0.15) is 31.7 Å². The highest BCUT2D eigenvalue weighted by Crippen LogP contribution is 2.15. The molecule has 0 bridgehead atoms. The topological polar surface area (TPSA) is 86.0 Å². The average Bonchev–Trinajstić information content (AvgIpc) is 2.54. The van der Waals surface area contributed by atoms with Crippen LogP contribution in [0.2, 0.25) is 0 Å². The molecule has 0 aromatic carbocycles. The van der Waals surface area contributed by atoms with Crippen molar-refractivity contribution in [1.82, 2.24) is 15.0 Å². The molecule has 2 aromatic rings. The molecule has 2 heterocycles. The standard InChI is InChI=1S/C16H23N5O/c1-2-3-9-19-15-13(11-20-16(17)21-15)6-5-10-22-14-7-4-8-18-12-14/h4,7-8,11-12H,2-3,5-6,9-10H2,1H3,(H3,17,19,20,21). The number of rotatable bonds is 9. The van der Waals surface area contributed by atoms with E-state index in [1.807, 2.05) is 12.1 Å². The van der Waals surface area contributed by atoms with E-state index in [-0.39, 0.29) is 0 Å². The van der Waals surface area contributed by atoms with E-state index >= 15 is 0 Å². The second kappa shape index (κ2) is 8.81. The van der Waals surface area contributed by atoms with Crippen LogP contribution in [-0.2, 0) is 6.42 Å². The number of unbranched alkanes of at least 4 members (excludes halogenated alkanes) is 1. The van der Waals surface area contributed by atoms with Crippen LogP contribution in [0.4, 0.5) is 11.8 Å². The first-order valence-electron chi connectivity index (χ1n) is 7.67. The Kier molecular flexibility index (Phi) is 6.41. The number of nitrogens with zero attached hydrogens (tertiary/aromatic N) is 3. The van der Waals surface area contributed by atoms with Crippen LogP contribution < -0.4 is 15.8 Å². The molecule has 6 nitrogen and oxygen atoms in total. The number of hydrogen-bond donors (Lipinski definition) is 2. The van der Waals surface area contributed by atoms with E-state index in [4.69, 9.17) is 10.5 Å². The van der Waals surface area contributed by atoms with E-state index in [1.165, 1.54) is 0 Å². The lowest BCUT2D eigenvalue weighted by molar-refractivity contribution is 0.310. The summed E-state index contributed by atoms with van der Waals surface area (Å²) in [6, 6.07) is 3.76. The molecule has 0 saturated carbocycles. The molecule has 6 heteroatoms. The lowest BCUT2D eigenvalue weighted by Crippen LogP contribution is -2.09. The Hall–Kier alpha value is -2.37. The number of aromatic nitrogens is 3. The summed E-state index contributed by atoms with van der Waals surface area (Å²) in [5.41, 5.74) is 6.74. The molecule has 0 saturated heterocycles. The summed E-state index contributed by atoms with van der Waals surface area (Å²) in [5.74, 6) is 1.93. The van der Waals surface area contributed by atoms with Crippen LogP contribution in [0.5, 0.6) is 5.75 Å². The fraction of sp³-hybridized carbons (Fsp3) is 0.438. The second-order valence-electron chi connectivity index (χ2n) is 5.02. The van der Waals surface area contributed by atoms with Gasteiger partial charge in [0.1, 0.15) is 11.6 Å². The number of ether oxygens (including phenoxy) is 1. The van der Waals surface area contributed by atoms with Crippen LogP contribution in [0.15, 0.2) is 30.7 Å². The molecule has 0 aliphatic rings. The summed E-state index contributed by atoms with van der Waals surface area (Å²) in [6.07, 6.45) is 9.20. The van der Waals surface area contributed by atoms with Crippen LogP contribution >= 0.6 is 0 Å². The maximum atomic E-state index is 5.67. The maximum Gasteiger partial charge on any atom is 0.221 e. The Bertz CT molecular complexity index is 562. The van der Waals surface area contributed by atoms with E-state index in [1.54, 1.807) is 18.6 Å². The summed E-state index contributed by atoms with van der Waals surface area (Å²) in [4.78, 5) is 12.4. The zero-order chi connectivity index (χ0) is 15.6. The molecule has 0 spiro atoms. The highest BCUT2D eigenvalue weighted by atomic mass is 16.5.